The smallest absolute Gasteiger partial charge is 0.254 e. The highest BCUT2D eigenvalue weighted by Gasteiger charge is 2.24. The average molecular weight is 297 g/mol. The van der Waals surface area contributed by atoms with E-state index >= 15 is 0 Å². The lowest BCUT2D eigenvalue weighted by Gasteiger charge is -2.29. The molecular weight excluding hydrogens is 274 g/mol. The molecule has 1 heterocycles. The molecule has 0 saturated heterocycles. The van der Waals surface area contributed by atoms with Crippen molar-refractivity contribution in [1.29, 1.82) is 0 Å². The van der Waals surface area contributed by atoms with Crippen molar-refractivity contribution in [3.05, 3.63) is 47.8 Å². The van der Waals surface area contributed by atoms with Crippen LogP contribution in [-0.2, 0) is 0 Å². The Kier molecular flexibility index (Phi) is 4.27. The minimum Gasteiger partial charge on any atom is -0.349 e. The van der Waals surface area contributed by atoms with Crippen LogP contribution in [0.2, 0.25) is 0 Å². The molecule has 1 N–H and O–H groups in total. The van der Waals surface area contributed by atoms with Gasteiger partial charge in [0.15, 0.2) is 0 Å². The van der Waals surface area contributed by atoms with Crippen LogP contribution in [0.1, 0.15) is 48.7 Å². The molecule has 0 bridgehead atoms. The molecule has 1 aliphatic rings. The van der Waals surface area contributed by atoms with Gasteiger partial charge >= 0.3 is 0 Å². The van der Waals surface area contributed by atoms with E-state index in [9.17, 15) is 4.79 Å². The number of aromatic nitrogens is 2. The Morgan fingerprint density at radius 3 is 2.68 bits per heavy atom. The zero-order chi connectivity index (χ0) is 15.5. The number of amides is 1. The van der Waals surface area contributed by atoms with Gasteiger partial charge in [-0.2, -0.15) is 5.10 Å². The number of rotatable bonds is 3. The van der Waals surface area contributed by atoms with Crippen LogP contribution in [0.4, 0.5) is 0 Å². The number of benzene rings is 1. The third kappa shape index (κ3) is 2.91. The van der Waals surface area contributed by atoms with Crippen molar-refractivity contribution >= 4 is 5.91 Å². The van der Waals surface area contributed by atoms with Crippen LogP contribution in [0, 0.1) is 12.8 Å². The van der Waals surface area contributed by atoms with Crippen LogP contribution in [0.15, 0.2) is 36.5 Å². The Bertz CT molecular complexity index is 648. The van der Waals surface area contributed by atoms with Crippen molar-refractivity contribution in [3.63, 3.8) is 0 Å². The molecule has 1 aliphatic carbocycles. The lowest BCUT2D eigenvalue weighted by Crippen LogP contribution is -2.41. The van der Waals surface area contributed by atoms with Gasteiger partial charge in [-0.25, -0.2) is 4.68 Å². The first-order valence-electron chi connectivity index (χ1n) is 8.07. The average Bonchev–Trinajstić information content (AvgIpc) is 2.92. The van der Waals surface area contributed by atoms with E-state index in [1.165, 1.54) is 19.3 Å². The molecular formula is C18H23N3O. The number of carbonyl (C=O) groups is 1. The van der Waals surface area contributed by atoms with Crippen LogP contribution in [0.5, 0.6) is 0 Å². The molecule has 0 aliphatic heterocycles. The Hall–Kier alpha value is -2.10. The summed E-state index contributed by atoms with van der Waals surface area (Å²) in [5.41, 5.74) is 2.53. The van der Waals surface area contributed by atoms with Crippen LogP contribution >= 0.6 is 0 Å². The lowest BCUT2D eigenvalue weighted by molar-refractivity contribution is 0.0909. The molecule has 116 valence electrons. The van der Waals surface area contributed by atoms with Crippen LogP contribution in [-0.4, -0.2) is 21.7 Å². The first-order valence-corrected chi connectivity index (χ1v) is 8.07. The topological polar surface area (TPSA) is 46.9 Å². The number of carbonyl (C=O) groups excluding carboxylic acids is 1. The number of hydrogen-bond donors (Lipinski definition) is 1. The van der Waals surface area contributed by atoms with Crippen molar-refractivity contribution in [1.82, 2.24) is 15.1 Å². The van der Waals surface area contributed by atoms with E-state index in [2.05, 4.69) is 17.3 Å². The van der Waals surface area contributed by atoms with E-state index in [-0.39, 0.29) is 5.91 Å². The van der Waals surface area contributed by atoms with Gasteiger partial charge < -0.3 is 5.32 Å². The van der Waals surface area contributed by atoms with Crippen LogP contribution < -0.4 is 5.32 Å². The fourth-order valence-corrected chi connectivity index (χ4v) is 3.24. The molecule has 1 aromatic heterocycles. The zero-order valence-corrected chi connectivity index (χ0v) is 13.2. The summed E-state index contributed by atoms with van der Waals surface area (Å²) in [6.45, 7) is 4.17. The highest BCUT2D eigenvalue weighted by Crippen LogP contribution is 2.24. The van der Waals surface area contributed by atoms with Crippen molar-refractivity contribution in [3.8, 4) is 5.69 Å². The summed E-state index contributed by atoms with van der Waals surface area (Å²) in [6, 6.07) is 10.2. The van der Waals surface area contributed by atoms with Gasteiger partial charge in [-0.1, -0.05) is 38.0 Å². The summed E-state index contributed by atoms with van der Waals surface area (Å²) in [4.78, 5) is 12.6. The molecule has 1 amide bonds. The first-order chi connectivity index (χ1) is 10.7. The fraction of sp³-hybridized carbons (Fsp3) is 0.444. The Balaban J connectivity index is 1.78. The van der Waals surface area contributed by atoms with Gasteiger partial charge in [0.05, 0.1) is 23.1 Å². The lowest BCUT2D eigenvalue weighted by atomic mass is 9.86. The summed E-state index contributed by atoms with van der Waals surface area (Å²) in [5.74, 6) is 0.556. The minimum atomic E-state index is -0.00145. The highest BCUT2D eigenvalue weighted by molar-refractivity contribution is 5.95. The summed E-state index contributed by atoms with van der Waals surface area (Å²) >= 11 is 0. The van der Waals surface area contributed by atoms with E-state index in [1.54, 1.807) is 6.20 Å². The molecule has 3 rings (SSSR count). The molecule has 0 spiro atoms. The van der Waals surface area contributed by atoms with E-state index in [1.807, 2.05) is 41.9 Å². The van der Waals surface area contributed by atoms with E-state index in [4.69, 9.17) is 0 Å². The molecule has 1 saturated carbocycles. The normalized spacial score (nSPS) is 21.5. The summed E-state index contributed by atoms with van der Waals surface area (Å²) in [5, 5.41) is 7.57. The number of nitrogens with zero attached hydrogens (tertiary/aromatic N) is 2. The van der Waals surface area contributed by atoms with Crippen molar-refractivity contribution in [2.24, 2.45) is 5.92 Å². The van der Waals surface area contributed by atoms with Gasteiger partial charge in [-0.3, -0.25) is 4.79 Å². The predicted octanol–water partition coefficient (Wildman–Crippen LogP) is 3.49. The molecule has 2 aromatic rings. The monoisotopic (exact) mass is 297 g/mol. The second-order valence-corrected chi connectivity index (χ2v) is 6.23. The summed E-state index contributed by atoms with van der Waals surface area (Å²) in [6.07, 6.45) is 6.44. The fourth-order valence-electron chi connectivity index (χ4n) is 3.24. The van der Waals surface area contributed by atoms with Gasteiger partial charge in [0.2, 0.25) is 0 Å². The van der Waals surface area contributed by atoms with Crippen molar-refractivity contribution in [2.45, 2.75) is 45.6 Å². The second-order valence-electron chi connectivity index (χ2n) is 6.23. The molecule has 0 radical (unpaired) electrons. The maximum absolute atomic E-state index is 12.6. The molecule has 2 atom stereocenters. The molecule has 1 aromatic carbocycles. The molecule has 2 unspecified atom stereocenters. The molecule has 22 heavy (non-hydrogen) atoms. The van der Waals surface area contributed by atoms with Crippen molar-refractivity contribution in [2.75, 3.05) is 0 Å². The third-order valence-corrected chi connectivity index (χ3v) is 4.68. The number of nitrogens with one attached hydrogen (secondary N) is 1. The third-order valence-electron chi connectivity index (χ3n) is 4.68. The van der Waals surface area contributed by atoms with Gasteiger partial charge in [-0.15, -0.1) is 0 Å². The largest absolute Gasteiger partial charge is 0.349 e. The van der Waals surface area contributed by atoms with Gasteiger partial charge in [0, 0.05) is 6.04 Å². The van der Waals surface area contributed by atoms with Crippen LogP contribution in [0.25, 0.3) is 5.69 Å². The maximum atomic E-state index is 12.6. The minimum absolute atomic E-state index is 0.00145. The summed E-state index contributed by atoms with van der Waals surface area (Å²) < 4.78 is 1.82. The first kappa shape index (κ1) is 14.8. The van der Waals surface area contributed by atoms with Crippen LogP contribution in [0.3, 0.4) is 0 Å². The van der Waals surface area contributed by atoms with Gasteiger partial charge in [-0.05, 0) is 37.8 Å². The maximum Gasteiger partial charge on any atom is 0.254 e. The predicted molar refractivity (Wildman–Crippen MR) is 87.2 cm³/mol. The molecule has 4 nitrogen and oxygen atoms in total. The van der Waals surface area contributed by atoms with Crippen molar-refractivity contribution < 1.29 is 4.79 Å². The zero-order valence-electron chi connectivity index (χ0n) is 13.2. The molecule has 1 fully saturated rings. The highest BCUT2D eigenvalue weighted by atomic mass is 16.1. The van der Waals surface area contributed by atoms with E-state index < -0.39 is 0 Å². The number of hydrogen-bond acceptors (Lipinski definition) is 2. The second kappa shape index (κ2) is 6.34. The quantitative estimate of drug-likeness (QED) is 0.942. The Morgan fingerprint density at radius 1 is 1.23 bits per heavy atom. The summed E-state index contributed by atoms with van der Waals surface area (Å²) in [7, 11) is 0. The SMILES string of the molecule is Cc1c(C(=O)NC2CCCCC2C)cnn1-c1ccccc1. The Morgan fingerprint density at radius 2 is 1.95 bits per heavy atom. The van der Waals surface area contributed by atoms with Gasteiger partial charge in [0.1, 0.15) is 0 Å². The van der Waals surface area contributed by atoms with E-state index in [0.717, 1.165) is 17.8 Å². The van der Waals surface area contributed by atoms with Gasteiger partial charge in [0.25, 0.3) is 5.91 Å². The Labute approximate surface area is 131 Å². The molecule has 4 heteroatoms. The standard InChI is InChI=1S/C18H23N3O/c1-13-8-6-7-11-17(13)20-18(22)16-12-19-21(14(16)2)15-9-4-3-5-10-15/h3-5,9-10,12-13,17H,6-8,11H2,1-2H3,(H,20,22). The number of para-hydroxylation sites is 1. The van der Waals surface area contributed by atoms with E-state index in [0.29, 0.717) is 17.5 Å².